The lowest BCUT2D eigenvalue weighted by Gasteiger charge is -2.39. The number of allylic oxidation sites excluding steroid dienone is 2. The third kappa shape index (κ3) is 5.46. The lowest BCUT2D eigenvalue weighted by molar-refractivity contribution is 0.608. The van der Waals surface area contributed by atoms with Gasteiger partial charge in [-0.1, -0.05) is 140 Å². The highest BCUT2D eigenvalue weighted by Crippen LogP contribution is 2.55. The van der Waals surface area contributed by atoms with E-state index in [0.29, 0.717) is 0 Å². The monoisotopic (exact) mass is 729 g/mol. The molecule has 1 aliphatic heterocycles. The van der Waals surface area contributed by atoms with Crippen molar-refractivity contribution in [2.24, 2.45) is 0 Å². The van der Waals surface area contributed by atoms with Crippen molar-refractivity contribution in [1.82, 2.24) is 9.55 Å². The zero-order chi connectivity index (χ0) is 37.9. The van der Waals surface area contributed by atoms with Crippen LogP contribution < -0.4 is 4.90 Å². The molecule has 0 spiro atoms. The summed E-state index contributed by atoms with van der Waals surface area (Å²) in [6, 6.07) is 69.8. The molecule has 3 nitrogen and oxygen atoms in total. The summed E-state index contributed by atoms with van der Waals surface area (Å²) >= 11 is 0. The quantitative estimate of drug-likeness (QED) is 0.170. The first-order valence-corrected chi connectivity index (χ1v) is 19.8. The van der Waals surface area contributed by atoms with Crippen molar-refractivity contribution in [3.05, 3.63) is 217 Å². The standard InChI is InChI=1S/C54H39N3/c1-54-32-31-41(34-48(54)46-22-12-14-24-53(46)57(54)44-19-9-4-10-20-44)40-27-30-52-47(33-40)45-21-11-13-23-51(45)56(52)43-28-25-37(26-29-43)42-35-49(38-15-5-2-6-16-38)55-50(36-42)39-17-7-3-8-18-39/h2-31,33-36H,32H2,1H3. The Hall–Kier alpha value is -7.23. The summed E-state index contributed by atoms with van der Waals surface area (Å²) in [7, 11) is 0. The van der Waals surface area contributed by atoms with Gasteiger partial charge in [0.05, 0.1) is 28.0 Å². The molecule has 3 heteroatoms. The van der Waals surface area contributed by atoms with E-state index in [4.69, 9.17) is 4.98 Å². The van der Waals surface area contributed by atoms with Gasteiger partial charge < -0.3 is 9.47 Å². The SMILES string of the molecule is CC12CC=C(c3ccc4c(c3)c3ccccc3n4-c3ccc(-c4cc(-c5ccccc5)nc(-c5ccccc5)c4)cc3)C=C1c1ccccc1N2c1ccccc1. The Labute approximate surface area is 333 Å². The highest BCUT2D eigenvalue weighted by atomic mass is 15.2. The smallest absolute Gasteiger partial charge is 0.0716 e. The Morgan fingerprint density at radius 2 is 1.07 bits per heavy atom. The molecule has 270 valence electrons. The molecule has 3 heterocycles. The van der Waals surface area contributed by atoms with Crippen LogP contribution in [0.3, 0.4) is 0 Å². The van der Waals surface area contributed by atoms with Crippen LogP contribution in [-0.2, 0) is 0 Å². The zero-order valence-corrected chi connectivity index (χ0v) is 31.7. The predicted octanol–water partition coefficient (Wildman–Crippen LogP) is 14.0. The van der Waals surface area contributed by atoms with Crippen LogP contribution in [0.2, 0.25) is 0 Å². The van der Waals surface area contributed by atoms with Crippen LogP contribution >= 0.6 is 0 Å². The van der Waals surface area contributed by atoms with Crippen molar-refractivity contribution in [3.8, 4) is 39.3 Å². The van der Waals surface area contributed by atoms with Crippen LogP contribution in [0.4, 0.5) is 11.4 Å². The molecule has 1 unspecified atom stereocenters. The third-order valence-electron chi connectivity index (χ3n) is 12.0. The molecule has 1 atom stereocenters. The summed E-state index contributed by atoms with van der Waals surface area (Å²) in [5.41, 5.74) is 17.5. The number of para-hydroxylation sites is 3. The van der Waals surface area contributed by atoms with E-state index in [1.54, 1.807) is 0 Å². The molecule has 2 aromatic heterocycles. The third-order valence-corrected chi connectivity index (χ3v) is 12.0. The molecular formula is C54H39N3. The molecule has 57 heavy (non-hydrogen) atoms. The maximum Gasteiger partial charge on any atom is 0.0716 e. The Morgan fingerprint density at radius 3 is 1.79 bits per heavy atom. The minimum Gasteiger partial charge on any atom is -0.331 e. The minimum atomic E-state index is -0.163. The number of nitrogens with zero attached hydrogens (tertiary/aromatic N) is 3. The highest BCUT2D eigenvalue weighted by Gasteiger charge is 2.45. The molecule has 9 aromatic rings. The van der Waals surface area contributed by atoms with Crippen molar-refractivity contribution in [3.63, 3.8) is 0 Å². The number of anilines is 2. The summed E-state index contributed by atoms with van der Waals surface area (Å²) < 4.78 is 2.41. The first kappa shape index (κ1) is 33.1. The van der Waals surface area contributed by atoms with E-state index in [9.17, 15) is 0 Å². The van der Waals surface area contributed by atoms with E-state index >= 15 is 0 Å². The van der Waals surface area contributed by atoms with Crippen LogP contribution in [-0.4, -0.2) is 15.1 Å². The minimum absolute atomic E-state index is 0.163. The van der Waals surface area contributed by atoms with Crippen molar-refractivity contribution < 1.29 is 0 Å². The van der Waals surface area contributed by atoms with Crippen LogP contribution in [0.5, 0.6) is 0 Å². The number of aromatic nitrogens is 2. The molecule has 11 rings (SSSR count). The molecule has 7 aromatic carbocycles. The lowest BCUT2D eigenvalue weighted by Crippen LogP contribution is -2.40. The Bertz CT molecular complexity index is 2970. The second-order valence-electron chi connectivity index (χ2n) is 15.4. The number of benzene rings is 7. The maximum atomic E-state index is 5.10. The molecule has 2 aliphatic rings. The van der Waals surface area contributed by atoms with Crippen LogP contribution in [0.1, 0.15) is 24.5 Å². The molecule has 0 amide bonds. The normalized spacial score (nSPS) is 16.0. The van der Waals surface area contributed by atoms with Crippen molar-refractivity contribution in [1.29, 1.82) is 0 Å². The number of hydrogen-bond donors (Lipinski definition) is 0. The van der Waals surface area contributed by atoms with Gasteiger partial charge in [-0.15, -0.1) is 0 Å². The van der Waals surface area contributed by atoms with Crippen molar-refractivity contribution in [2.45, 2.75) is 18.9 Å². The molecule has 0 radical (unpaired) electrons. The molecular weight excluding hydrogens is 691 g/mol. The fourth-order valence-corrected chi connectivity index (χ4v) is 9.18. The molecule has 0 fully saturated rings. The highest BCUT2D eigenvalue weighted by molar-refractivity contribution is 6.11. The molecule has 0 bridgehead atoms. The number of hydrogen-bond acceptors (Lipinski definition) is 2. The van der Waals surface area contributed by atoms with Gasteiger partial charge in [0.2, 0.25) is 0 Å². The van der Waals surface area contributed by atoms with Gasteiger partial charge in [-0.25, -0.2) is 4.98 Å². The second-order valence-corrected chi connectivity index (χ2v) is 15.4. The van der Waals surface area contributed by atoms with Crippen LogP contribution in [0, 0.1) is 0 Å². The van der Waals surface area contributed by atoms with Gasteiger partial charge >= 0.3 is 0 Å². The van der Waals surface area contributed by atoms with Gasteiger partial charge in [0, 0.05) is 44.5 Å². The van der Waals surface area contributed by atoms with Gasteiger partial charge in [0.15, 0.2) is 0 Å². The largest absolute Gasteiger partial charge is 0.331 e. The van der Waals surface area contributed by atoms with Gasteiger partial charge in [-0.05, 0) is 108 Å². The summed E-state index contributed by atoms with van der Waals surface area (Å²) in [6.07, 6.45) is 5.80. The lowest BCUT2D eigenvalue weighted by atomic mass is 9.80. The average Bonchev–Trinajstić information content (AvgIpc) is 3.75. The topological polar surface area (TPSA) is 21.1 Å². The van der Waals surface area contributed by atoms with Gasteiger partial charge in [0.1, 0.15) is 0 Å². The average molecular weight is 730 g/mol. The van der Waals surface area contributed by atoms with Crippen molar-refractivity contribution in [2.75, 3.05) is 4.90 Å². The van der Waals surface area contributed by atoms with Gasteiger partial charge in [0.25, 0.3) is 0 Å². The van der Waals surface area contributed by atoms with E-state index in [2.05, 4.69) is 211 Å². The zero-order valence-electron chi connectivity index (χ0n) is 31.7. The fourth-order valence-electron chi connectivity index (χ4n) is 9.18. The second kappa shape index (κ2) is 13.2. The van der Waals surface area contributed by atoms with Crippen LogP contribution in [0.15, 0.2) is 206 Å². The van der Waals surface area contributed by atoms with E-state index in [1.807, 2.05) is 12.1 Å². The first-order valence-electron chi connectivity index (χ1n) is 19.8. The van der Waals surface area contributed by atoms with Gasteiger partial charge in [-0.3, -0.25) is 0 Å². The maximum absolute atomic E-state index is 5.10. The Balaban J connectivity index is 0.978. The van der Waals surface area contributed by atoms with E-state index < -0.39 is 0 Å². The number of rotatable bonds is 6. The molecule has 1 aliphatic carbocycles. The summed E-state index contributed by atoms with van der Waals surface area (Å²) in [5.74, 6) is 0. The first-order chi connectivity index (χ1) is 28.1. The van der Waals surface area contributed by atoms with Crippen LogP contribution in [0.25, 0.3) is 72.3 Å². The Kier molecular flexibility index (Phi) is 7.68. The van der Waals surface area contributed by atoms with Gasteiger partial charge in [-0.2, -0.15) is 0 Å². The number of pyridine rings is 1. The predicted molar refractivity (Wildman–Crippen MR) is 239 cm³/mol. The molecule has 0 saturated heterocycles. The molecule has 0 N–H and O–H groups in total. The fraction of sp³-hybridized carbons (Fsp3) is 0.0556. The summed E-state index contributed by atoms with van der Waals surface area (Å²) in [4.78, 5) is 7.63. The van der Waals surface area contributed by atoms with E-state index in [-0.39, 0.29) is 5.54 Å². The Morgan fingerprint density at radius 1 is 0.474 bits per heavy atom. The van der Waals surface area contributed by atoms with Crippen molar-refractivity contribution >= 4 is 44.3 Å². The molecule has 0 saturated carbocycles. The summed E-state index contributed by atoms with van der Waals surface area (Å²) in [6.45, 7) is 2.39. The summed E-state index contributed by atoms with van der Waals surface area (Å²) in [5, 5.41) is 2.51. The number of fused-ring (bicyclic) bond motifs is 6. The van der Waals surface area contributed by atoms with E-state index in [1.165, 1.54) is 55.5 Å². The van der Waals surface area contributed by atoms with E-state index in [0.717, 1.165) is 45.7 Å².